The molecule has 0 radical (unpaired) electrons. The highest BCUT2D eigenvalue weighted by atomic mass is 79.9. The quantitative estimate of drug-likeness (QED) is 0.742. The highest BCUT2D eigenvalue weighted by Crippen LogP contribution is 2.25. The maximum atomic E-state index is 12.3. The third kappa shape index (κ3) is 3.22. The Morgan fingerprint density at radius 1 is 1.24 bits per heavy atom. The number of hydrogen-bond acceptors (Lipinski definition) is 3. The lowest BCUT2D eigenvalue weighted by Gasteiger charge is -2.11. The molecule has 0 aliphatic heterocycles. The van der Waals surface area contributed by atoms with Crippen molar-refractivity contribution in [3.8, 4) is 0 Å². The van der Waals surface area contributed by atoms with Gasteiger partial charge in [0.05, 0.1) is 11.3 Å². The molecular formula is C15H13BrN2O3. The van der Waals surface area contributed by atoms with Crippen molar-refractivity contribution in [1.29, 1.82) is 0 Å². The summed E-state index contributed by atoms with van der Waals surface area (Å²) in [5.74, 6) is -1.40. The molecule has 0 atom stereocenters. The molecule has 6 heteroatoms. The first-order chi connectivity index (χ1) is 9.90. The fourth-order valence-corrected chi connectivity index (χ4v) is 2.19. The van der Waals surface area contributed by atoms with Gasteiger partial charge in [0.2, 0.25) is 0 Å². The molecule has 0 aromatic heterocycles. The molecule has 5 nitrogen and oxygen atoms in total. The molecule has 0 spiro atoms. The van der Waals surface area contributed by atoms with Crippen LogP contribution in [0.2, 0.25) is 0 Å². The van der Waals surface area contributed by atoms with E-state index in [2.05, 4.69) is 21.2 Å². The molecular weight excluding hydrogens is 336 g/mol. The van der Waals surface area contributed by atoms with Crippen LogP contribution in [0.25, 0.3) is 0 Å². The maximum absolute atomic E-state index is 12.3. The van der Waals surface area contributed by atoms with Crippen LogP contribution in [0.3, 0.4) is 0 Å². The van der Waals surface area contributed by atoms with E-state index in [1.165, 1.54) is 12.1 Å². The third-order valence-corrected chi connectivity index (χ3v) is 3.77. The van der Waals surface area contributed by atoms with Crippen molar-refractivity contribution in [3.63, 3.8) is 0 Å². The summed E-state index contributed by atoms with van der Waals surface area (Å²) < 4.78 is 0.599. The highest BCUT2D eigenvalue weighted by molar-refractivity contribution is 9.10. The minimum Gasteiger partial charge on any atom is -0.478 e. The van der Waals surface area contributed by atoms with E-state index in [4.69, 9.17) is 10.8 Å². The third-order valence-electron chi connectivity index (χ3n) is 3.08. The van der Waals surface area contributed by atoms with Gasteiger partial charge in [0.25, 0.3) is 5.91 Å². The number of carbonyl (C=O) groups excluding carboxylic acids is 1. The number of nitrogens with one attached hydrogen (secondary N) is 1. The van der Waals surface area contributed by atoms with E-state index in [9.17, 15) is 9.59 Å². The summed E-state index contributed by atoms with van der Waals surface area (Å²) in [6.07, 6.45) is 0. The Balaban J connectivity index is 2.33. The topological polar surface area (TPSA) is 92.4 Å². The average molecular weight is 349 g/mol. The molecule has 2 rings (SSSR count). The number of benzene rings is 2. The van der Waals surface area contributed by atoms with E-state index in [0.717, 1.165) is 0 Å². The molecule has 2 aromatic carbocycles. The molecule has 21 heavy (non-hydrogen) atoms. The van der Waals surface area contributed by atoms with Gasteiger partial charge in [-0.3, -0.25) is 4.79 Å². The van der Waals surface area contributed by atoms with E-state index in [1.54, 1.807) is 31.2 Å². The number of nitrogen functional groups attached to an aromatic ring is 1. The van der Waals surface area contributed by atoms with Crippen molar-refractivity contribution in [3.05, 3.63) is 57.6 Å². The van der Waals surface area contributed by atoms with Crippen molar-refractivity contribution in [2.45, 2.75) is 6.92 Å². The molecule has 1 amide bonds. The Morgan fingerprint density at radius 3 is 2.62 bits per heavy atom. The number of carbonyl (C=O) groups is 2. The number of amides is 1. The van der Waals surface area contributed by atoms with Crippen LogP contribution in [-0.2, 0) is 0 Å². The van der Waals surface area contributed by atoms with Crippen LogP contribution < -0.4 is 11.1 Å². The van der Waals surface area contributed by atoms with E-state index in [1.807, 2.05) is 0 Å². The van der Waals surface area contributed by atoms with Gasteiger partial charge in [0.15, 0.2) is 0 Å². The van der Waals surface area contributed by atoms with Crippen LogP contribution in [0.15, 0.2) is 40.9 Å². The molecule has 0 fully saturated rings. The van der Waals surface area contributed by atoms with Gasteiger partial charge in [-0.1, -0.05) is 6.07 Å². The van der Waals surface area contributed by atoms with E-state index >= 15 is 0 Å². The van der Waals surface area contributed by atoms with Gasteiger partial charge in [0, 0.05) is 15.7 Å². The molecule has 0 aliphatic carbocycles. The largest absolute Gasteiger partial charge is 0.478 e. The zero-order chi connectivity index (χ0) is 15.6. The number of rotatable bonds is 3. The SMILES string of the molecule is Cc1c(N)cccc1C(=O)Nc1cc(C(=O)O)ccc1Br. The van der Waals surface area contributed by atoms with Crippen LogP contribution in [0, 0.1) is 6.92 Å². The molecule has 0 saturated carbocycles. The lowest BCUT2D eigenvalue weighted by atomic mass is 10.1. The first kappa shape index (κ1) is 15.1. The summed E-state index contributed by atoms with van der Waals surface area (Å²) in [6, 6.07) is 9.49. The molecule has 0 aliphatic rings. The summed E-state index contributed by atoms with van der Waals surface area (Å²) in [6.45, 7) is 1.76. The Morgan fingerprint density at radius 2 is 1.95 bits per heavy atom. The van der Waals surface area contributed by atoms with Gasteiger partial charge >= 0.3 is 5.97 Å². The predicted molar refractivity (Wildman–Crippen MR) is 84.6 cm³/mol. The number of carboxylic acid groups (broad SMARTS) is 1. The number of halogens is 1. The molecule has 0 unspecified atom stereocenters. The molecule has 0 saturated heterocycles. The molecule has 4 N–H and O–H groups in total. The van der Waals surface area contributed by atoms with Gasteiger partial charge in [-0.05, 0) is 58.7 Å². The maximum Gasteiger partial charge on any atom is 0.335 e. The average Bonchev–Trinajstić information content (AvgIpc) is 2.43. The summed E-state index contributed by atoms with van der Waals surface area (Å²) in [7, 11) is 0. The Kier molecular flexibility index (Phi) is 4.28. The second kappa shape index (κ2) is 5.97. The first-order valence-corrected chi connectivity index (χ1v) is 6.88. The summed E-state index contributed by atoms with van der Waals surface area (Å²) in [5, 5.41) is 11.7. The summed E-state index contributed by atoms with van der Waals surface area (Å²) >= 11 is 3.28. The molecule has 108 valence electrons. The normalized spacial score (nSPS) is 10.2. The van der Waals surface area contributed by atoms with E-state index < -0.39 is 5.97 Å². The number of nitrogens with two attached hydrogens (primary N) is 1. The number of anilines is 2. The number of carboxylic acids is 1. The first-order valence-electron chi connectivity index (χ1n) is 6.09. The van der Waals surface area contributed by atoms with Gasteiger partial charge in [0.1, 0.15) is 0 Å². The van der Waals surface area contributed by atoms with Crippen LogP contribution in [-0.4, -0.2) is 17.0 Å². The van der Waals surface area contributed by atoms with Crippen molar-refractivity contribution in [2.24, 2.45) is 0 Å². The van der Waals surface area contributed by atoms with Crippen LogP contribution in [0.1, 0.15) is 26.3 Å². The van der Waals surface area contributed by atoms with Crippen molar-refractivity contribution < 1.29 is 14.7 Å². The smallest absolute Gasteiger partial charge is 0.335 e. The van der Waals surface area contributed by atoms with Crippen LogP contribution >= 0.6 is 15.9 Å². The summed E-state index contributed by atoms with van der Waals surface area (Å²) in [5.41, 5.74) is 7.92. The Labute approximate surface area is 129 Å². The van der Waals surface area contributed by atoms with Crippen LogP contribution in [0.5, 0.6) is 0 Å². The second-order valence-corrected chi connectivity index (χ2v) is 5.33. The fraction of sp³-hybridized carbons (Fsp3) is 0.0667. The minimum atomic E-state index is -1.06. The van der Waals surface area contributed by atoms with Gasteiger partial charge < -0.3 is 16.2 Å². The molecule has 0 heterocycles. The Hall–Kier alpha value is -2.34. The Bertz CT molecular complexity index is 729. The van der Waals surface area contributed by atoms with Crippen LogP contribution in [0.4, 0.5) is 11.4 Å². The van der Waals surface area contributed by atoms with Gasteiger partial charge in [-0.2, -0.15) is 0 Å². The van der Waals surface area contributed by atoms with E-state index in [-0.39, 0.29) is 11.5 Å². The predicted octanol–water partition coefficient (Wildman–Crippen LogP) is 3.29. The number of hydrogen-bond donors (Lipinski definition) is 3. The lowest BCUT2D eigenvalue weighted by Crippen LogP contribution is -2.15. The second-order valence-electron chi connectivity index (χ2n) is 4.47. The van der Waals surface area contributed by atoms with Crippen molar-refractivity contribution >= 4 is 39.2 Å². The van der Waals surface area contributed by atoms with Gasteiger partial charge in [-0.15, -0.1) is 0 Å². The van der Waals surface area contributed by atoms with Crippen molar-refractivity contribution in [2.75, 3.05) is 11.1 Å². The van der Waals surface area contributed by atoms with Crippen molar-refractivity contribution in [1.82, 2.24) is 0 Å². The molecule has 2 aromatic rings. The molecule has 0 bridgehead atoms. The monoisotopic (exact) mass is 348 g/mol. The highest BCUT2D eigenvalue weighted by Gasteiger charge is 2.13. The van der Waals surface area contributed by atoms with Gasteiger partial charge in [-0.25, -0.2) is 4.79 Å². The van der Waals surface area contributed by atoms with E-state index in [0.29, 0.717) is 27.0 Å². The standard InChI is InChI=1S/C15H13BrN2O3/c1-8-10(3-2-4-12(8)17)14(19)18-13-7-9(15(20)21)5-6-11(13)16/h2-7H,17H2,1H3,(H,18,19)(H,20,21). The number of aromatic carboxylic acids is 1. The fourth-order valence-electron chi connectivity index (χ4n) is 1.84. The lowest BCUT2D eigenvalue weighted by molar-refractivity contribution is 0.0696. The minimum absolute atomic E-state index is 0.0952. The zero-order valence-electron chi connectivity index (χ0n) is 11.2. The summed E-state index contributed by atoms with van der Waals surface area (Å²) in [4.78, 5) is 23.3. The zero-order valence-corrected chi connectivity index (χ0v) is 12.8.